The molecule has 0 aliphatic heterocycles. The van der Waals surface area contributed by atoms with Crippen molar-refractivity contribution >= 4 is 17.2 Å². The van der Waals surface area contributed by atoms with Crippen LogP contribution in [0.3, 0.4) is 0 Å². The Balaban J connectivity index is 2.55. The van der Waals surface area contributed by atoms with Gasteiger partial charge in [0.1, 0.15) is 6.61 Å². The second kappa shape index (κ2) is 4.67. The van der Waals surface area contributed by atoms with Crippen LogP contribution in [-0.2, 0) is 0 Å². The third-order valence-electron chi connectivity index (χ3n) is 1.81. The van der Waals surface area contributed by atoms with Gasteiger partial charge in [-0.2, -0.15) is 0 Å². The fourth-order valence-corrected chi connectivity index (χ4v) is 1.79. The summed E-state index contributed by atoms with van der Waals surface area (Å²) in [7, 11) is 0. The minimum atomic E-state index is -3.26. The number of thiophene rings is 1. The Morgan fingerprint density at radius 1 is 1.67 bits per heavy atom. The van der Waals surface area contributed by atoms with Gasteiger partial charge in [-0.05, 0) is 23.9 Å². The first-order chi connectivity index (χ1) is 6.96. The standard InChI is InChI=1S/C9H11F2NO2S/c1-6-2-3-15-7(6)8(14)12-4-9(10,11)5-13/h2-3,13H,4-5H2,1H3,(H,12,14). The number of aliphatic hydroxyl groups is 1. The van der Waals surface area contributed by atoms with Gasteiger partial charge in [-0.3, -0.25) is 4.79 Å². The molecule has 3 nitrogen and oxygen atoms in total. The normalized spacial score (nSPS) is 11.5. The molecular formula is C9H11F2NO2S. The molecule has 6 heteroatoms. The molecule has 0 spiro atoms. The van der Waals surface area contributed by atoms with Gasteiger partial charge in [0, 0.05) is 0 Å². The zero-order valence-corrected chi connectivity index (χ0v) is 8.91. The first-order valence-electron chi connectivity index (χ1n) is 4.27. The van der Waals surface area contributed by atoms with Crippen molar-refractivity contribution in [2.24, 2.45) is 0 Å². The van der Waals surface area contributed by atoms with E-state index in [-0.39, 0.29) is 0 Å². The minimum Gasteiger partial charge on any atom is -0.390 e. The summed E-state index contributed by atoms with van der Waals surface area (Å²) in [6, 6.07) is 1.74. The molecule has 1 aromatic rings. The number of carbonyl (C=O) groups excluding carboxylic acids is 1. The molecular weight excluding hydrogens is 224 g/mol. The topological polar surface area (TPSA) is 49.3 Å². The van der Waals surface area contributed by atoms with Gasteiger partial charge < -0.3 is 10.4 Å². The van der Waals surface area contributed by atoms with Gasteiger partial charge >= 0.3 is 0 Å². The van der Waals surface area contributed by atoms with Gasteiger partial charge in [0.2, 0.25) is 0 Å². The summed E-state index contributed by atoms with van der Waals surface area (Å²) in [6.07, 6.45) is 0. The highest BCUT2D eigenvalue weighted by molar-refractivity contribution is 7.12. The van der Waals surface area contributed by atoms with E-state index in [1.807, 2.05) is 0 Å². The van der Waals surface area contributed by atoms with Crippen LogP contribution in [-0.4, -0.2) is 30.1 Å². The van der Waals surface area contributed by atoms with Crippen LogP contribution in [0, 0.1) is 6.92 Å². The third kappa shape index (κ3) is 3.24. The predicted octanol–water partition coefficient (Wildman–Crippen LogP) is 1.41. The molecule has 0 atom stereocenters. The molecule has 0 bridgehead atoms. The Kier molecular flexibility index (Phi) is 3.76. The van der Waals surface area contributed by atoms with Gasteiger partial charge in [-0.25, -0.2) is 8.78 Å². The van der Waals surface area contributed by atoms with Crippen molar-refractivity contribution in [2.75, 3.05) is 13.2 Å². The first kappa shape index (κ1) is 12.1. The molecule has 15 heavy (non-hydrogen) atoms. The molecule has 1 heterocycles. The van der Waals surface area contributed by atoms with Crippen molar-refractivity contribution in [1.29, 1.82) is 0 Å². The fraction of sp³-hybridized carbons (Fsp3) is 0.444. The van der Waals surface area contributed by atoms with Crippen LogP contribution in [0.1, 0.15) is 15.2 Å². The predicted molar refractivity (Wildman–Crippen MR) is 53.4 cm³/mol. The smallest absolute Gasteiger partial charge is 0.287 e. The number of amides is 1. The lowest BCUT2D eigenvalue weighted by molar-refractivity contribution is -0.0461. The lowest BCUT2D eigenvalue weighted by Crippen LogP contribution is -2.38. The van der Waals surface area contributed by atoms with E-state index >= 15 is 0 Å². The number of rotatable bonds is 4. The molecule has 0 saturated heterocycles. The Hall–Kier alpha value is -1.01. The summed E-state index contributed by atoms with van der Waals surface area (Å²) < 4.78 is 25.2. The highest BCUT2D eigenvalue weighted by Gasteiger charge is 2.28. The highest BCUT2D eigenvalue weighted by Crippen LogP contribution is 2.16. The van der Waals surface area contributed by atoms with Crippen LogP contribution >= 0.6 is 11.3 Å². The molecule has 0 radical (unpaired) electrons. The molecule has 0 aliphatic carbocycles. The van der Waals surface area contributed by atoms with Gasteiger partial charge in [0.05, 0.1) is 11.4 Å². The van der Waals surface area contributed by atoms with E-state index in [1.54, 1.807) is 18.4 Å². The average molecular weight is 235 g/mol. The Bertz CT molecular complexity index is 352. The summed E-state index contributed by atoms with van der Waals surface area (Å²) in [4.78, 5) is 11.8. The van der Waals surface area contributed by atoms with Crippen molar-refractivity contribution in [3.05, 3.63) is 21.9 Å². The second-order valence-electron chi connectivity index (χ2n) is 3.13. The molecule has 0 aromatic carbocycles. The van der Waals surface area contributed by atoms with Crippen molar-refractivity contribution in [2.45, 2.75) is 12.8 Å². The maximum atomic E-state index is 12.6. The molecule has 0 unspecified atom stereocenters. The van der Waals surface area contributed by atoms with E-state index < -0.39 is 25.0 Å². The average Bonchev–Trinajstić information content (AvgIpc) is 2.61. The summed E-state index contributed by atoms with van der Waals surface area (Å²) in [6.45, 7) is -0.383. The van der Waals surface area contributed by atoms with Crippen molar-refractivity contribution < 1.29 is 18.7 Å². The molecule has 84 valence electrons. The highest BCUT2D eigenvalue weighted by atomic mass is 32.1. The Labute approximate surface area is 89.7 Å². The Morgan fingerprint density at radius 2 is 2.33 bits per heavy atom. The first-order valence-corrected chi connectivity index (χ1v) is 5.15. The monoisotopic (exact) mass is 235 g/mol. The van der Waals surface area contributed by atoms with E-state index in [4.69, 9.17) is 5.11 Å². The van der Waals surface area contributed by atoms with Crippen molar-refractivity contribution in [3.63, 3.8) is 0 Å². The van der Waals surface area contributed by atoms with Crippen LogP contribution in [0.25, 0.3) is 0 Å². The summed E-state index contributed by atoms with van der Waals surface area (Å²) in [5, 5.41) is 12.1. The number of aliphatic hydroxyl groups excluding tert-OH is 1. The van der Waals surface area contributed by atoms with E-state index in [9.17, 15) is 13.6 Å². The lowest BCUT2D eigenvalue weighted by atomic mass is 10.2. The maximum Gasteiger partial charge on any atom is 0.287 e. The molecule has 0 fully saturated rings. The quantitative estimate of drug-likeness (QED) is 0.829. The number of hydrogen-bond acceptors (Lipinski definition) is 3. The van der Waals surface area contributed by atoms with Crippen LogP contribution < -0.4 is 5.32 Å². The molecule has 0 aliphatic rings. The largest absolute Gasteiger partial charge is 0.390 e. The molecule has 1 amide bonds. The molecule has 1 rings (SSSR count). The van der Waals surface area contributed by atoms with Crippen LogP contribution in [0.15, 0.2) is 11.4 Å². The van der Waals surface area contributed by atoms with E-state index in [2.05, 4.69) is 5.32 Å². The van der Waals surface area contributed by atoms with E-state index in [0.29, 0.717) is 4.88 Å². The van der Waals surface area contributed by atoms with Crippen LogP contribution in [0.5, 0.6) is 0 Å². The summed E-state index contributed by atoms with van der Waals surface area (Å²) in [5.74, 6) is -3.79. The summed E-state index contributed by atoms with van der Waals surface area (Å²) >= 11 is 1.20. The van der Waals surface area contributed by atoms with Crippen molar-refractivity contribution in [1.82, 2.24) is 5.32 Å². The zero-order valence-electron chi connectivity index (χ0n) is 8.09. The number of halogens is 2. The maximum absolute atomic E-state index is 12.6. The zero-order chi connectivity index (χ0) is 11.5. The molecule has 2 N–H and O–H groups in total. The van der Waals surface area contributed by atoms with Gasteiger partial charge in [0.25, 0.3) is 11.8 Å². The number of hydrogen-bond donors (Lipinski definition) is 2. The minimum absolute atomic E-state index is 0.420. The summed E-state index contributed by atoms with van der Waals surface area (Å²) in [5.41, 5.74) is 0.754. The Morgan fingerprint density at radius 3 is 2.80 bits per heavy atom. The third-order valence-corrected chi connectivity index (χ3v) is 2.82. The lowest BCUT2D eigenvalue weighted by Gasteiger charge is -2.13. The van der Waals surface area contributed by atoms with Crippen LogP contribution in [0.2, 0.25) is 0 Å². The fourth-order valence-electron chi connectivity index (χ4n) is 0.951. The number of alkyl halides is 2. The number of carbonyl (C=O) groups is 1. The van der Waals surface area contributed by atoms with Gasteiger partial charge in [0.15, 0.2) is 0 Å². The number of aryl methyl sites for hydroxylation is 1. The van der Waals surface area contributed by atoms with Gasteiger partial charge in [-0.15, -0.1) is 11.3 Å². The van der Waals surface area contributed by atoms with Gasteiger partial charge in [-0.1, -0.05) is 0 Å². The molecule has 0 saturated carbocycles. The van der Waals surface area contributed by atoms with Crippen molar-refractivity contribution in [3.8, 4) is 0 Å². The number of nitrogens with one attached hydrogen (secondary N) is 1. The molecule has 1 aromatic heterocycles. The van der Waals surface area contributed by atoms with Crippen LogP contribution in [0.4, 0.5) is 8.78 Å². The van der Waals surface area contributed by atoms with E-state index in [0.717, 1.165) is 5.56 Å². The van der Waals surface area contributed by atoms with E-state index in [1.165, 1.54) is 11.3 Å². The SMILES string of the molecule is Cc1ccsc1C(=O)NCC(F)(F)CO. The second-order valence-corrected chi connectivity index (χ2v) is 4.05.